The fourth-order valence-electron chi connectivity index (χ4n) is 1.64. The molecule has 0 saturated heterocycles. The van der Waals surface area contributed by atoms with Crippen LogP contribution in [0, 0.1) is 11.3 Å². The van der Waals surface area contributed by atoms with E-state index in [1.54, 1.807) is 24.3 Å². The molecular weight excluding hydrogens is 295 g/mol. The Hall–Kier alpha value is -3.01. The monoisotopic (exact) mass is 305 g/mol. The lowest BCUT2D eigenvalue weighted by Crippen LogP contribution is -2.29. The first kappa shape index (κ1) is 15.4. The molecule has 0 aliphatic heterocycles. The number of halogens is 3. The molecular formula is C15H10F3N3O. The lowest BCUT2D eigenvalue weighted by molar-refractivity contribution is -0.137. The molecule has 112 valence electrons. The molecule has 0 aliphatic carbocycles. The lowest BCUT2D eigenvalue weighted by Gasteiger charge is -2.10. The van der Waals surface area contributed by atoms with Crippen molar-refractivity contribution < 1.29 is 18.0 Å². The third-order valence-electron chi connectivity index (χ3n) is 2.81. The maximum Gasteiger partial charge on any atom is 0.416 e. The third-order valence-corrected chi connectivity index (χ3v) is 2.81. The van der Waals surface area contributed by atoms with Crippen molar-refractivity contribution in [1.29, 1.82) is 5.26 Å². The van der Waals surface area contributed by atoms with E-state index in [1.165, 1.54) is 0 Å². The van der Waals surface area contributed by atoms with Crippen molar-refractivity contribution in [2.45, 2.75) is 6.18 Å². The zero-order valence-corrected chi connectivity index (χ0v) is 11.1. The van der Waals surface area contributed by atoms with E-state index < -0.39 is 17.6 Å². The van der Waals surface area contributed by atoms with Gasteiger partial charge >= 0.3 is 6.18 Å². The topological polar surface area (TPSA) is 64.9 Å². The highest BCUT2D eigenvalue weighted by molar-refractivity contribution is 5.94. The number of nitrogens with zero attached hydrogens (tertiary/aromatic N) is 1. The molecule has 0 unspecified atom stereocenters. The van der Waals surface area contributed by atoms with Crippen molar-refractivity contribution in [3.63, 3.8) is 0 Å². The van der Waals surface area contributed by atoms with Gasteiger partial charge in [-0.3, -0.25) is 15.6 Å². The summed E-state index contributed by atoms with van der Waals surface area (Å²) in [6, 6.07) is 12.1. The molecule has 0 atom stereocenters. The predicted molar refractivity (Wildman–Crippen MR) is 73.7 cm³/mol. The summed E-state index contributed by atoms with van der Waals surface area (Å²) < 4.78 is 37.2. The Morgan fingerprint density at radius 1 is 1.00 bits per heavy atom. The number of hydrazine groups is 1. The van der Waals surface area contributed by atoms with Gasteiger partial charge in [-0.1, -0.05) is 0 Å². The van der Waals surface area contributed by atoms with E-state index in [0.717, 1.165) is 24.3 Å². The van der Waals surface area contributed by atoms with E-state index in [-0.39, 0.29) is 5.56 Å². The number of hydrogen-bond acceptors (Lipinski definition) is 3. The van der Waals surface area contributed by atoms with Gasteiger partial charge in [0.1, 0.15) is 0 Å². The Bertz CT molecular complexity index is 701. The van der Waals surface area contributed by atoms with Crippen LogP contribution in [0.2, 0.25) is 0 Å². The number of nitrogens with one attached hydrogen (secondary N) is 2. The summed E-state index contributed by atoms with van der Waals surface area (Å²) in [6.45, 7) is 0. The Labute approximate surface area is 124 Å². The average molecular weight is 305 g/mol. The van der Waals surface area contributed by atoms with E-state index in [1.807, 2.05) is 6.07 Å². The second-order valence-corrected chi connectivity index (χ2v) is 4.34. The molecule has 0 aliphatic rings. The Morgan fingerprint density at radius 3 is 2.09 bits per heavy atom. The fourth-order valence-corrected chi connectivity index (χ4v) is 1.64. The minimum atomic E-state index is -4.43. The second kappa shape index (κ2) is 6.18. The van der Waals surface area contributed by atoms with Gasteiger partial charge in [-0.25, -0.2) is 0 Å². The minimum Gasteiger partial charge on any atom is -0.298 e. The summed E-state index contributed by atoms with van der Waals surface area (Å²) in [5.74, 6) is -0.571. The highest BCUT2D eigenvalue weighted by atomic mass is 19.4. The molecule has 2 N–H and O–H groups in total. The number of rotatable bonds is 3. The largest absolute Gasteiger partial charge is 0.416 e. The van der Waals surface area contributed by atoms with E-state index in [4.69, 9.17) is 5.26 Å². The molecule has 22 heavy (non-hydrogen) atoms. The molecule has 0 spiro atoms. The summed E-state index contributed by atoms with van der Waals surface area (Å²) in [5.41, 5.74) is 5.25. The highest BCUT2D eigenvalue weighted by Gasteiger charge is 2.30. The highest BCUT2D eigenvalue weighted by Crippen LogP contribution is 2.29. The van der Waals surface area contributed by atoms with Gasteiger partial charge in [0, 0.05) is 5.56 Å². The van der Waals surface area contributed by atoms with E-state index in [9.17, 15) is 18.0 Å². The Balaban J connectivity index is 1.98. The number of carbonyl (C=O) groups is 1. The van der Waals surface area contributed by atoms with E-state index in [2.05, 4.69) is 10.9 Å². The Kier molecular flexibility index (Phi) is 4.32. The Morgan fingerprint density at radius 2 is 1.59 bits per heavy atom. The zero-order valence-electron chi connectivity index (χ0n) is 11.1. The van der Waals surface area contributed by atoms with Crippen molar-refractivity contribution in [3.8, 4) is 6.07 Å². The average Bonchev–Trinajstić information content (AvgIpc) is 2.52. The molecule has 2 aromatic carbocycles. The number of nitriles is 1. The van der Waals surface area contributed by atoms with Crippen molar-refractivity contribution in [1.82, 2.24) is 5.43 Å². The van der Waals surface area contributed by atoms with Gasteiger partial charge in [-0.05, 0) is 48.5 Å². The number of amides is 1. The van der Waals surface area contributed by atoms with Crippen LogP contribution in [0.15, 0.2) is 48.5 Å². The zero-order chi connectivity index (χ0) is 16.2. The second-order valence-electron chi connectivity index (χ2n) is 4.34. The van der Waals surface area contributed by atoms with Crippen LogP contribution in [0.5, 0.6) is 0 Å². The van der Waals surface area contributed by atoms with E-state index in [0.29, 0.717) is 11.3 Å². The number of anilines is 1. The normalized spacial score (nSPS) is 10.6. The van der Waals surface area contributed by atoms with Crippen molar-refractivity contribution >= 4 is 11.6 Å². The summed E-state index contributed by atoms with van der Waals surface area (Å²) in [5, 5.41) is 8.65. The molecule has 4 nitrogen and oxygen atoms in total. The molecule has 0 fully saturated rings. The van der Waals surface area contributed by atoms with Gasteiger partial charge in [0.15, 0.2) is 0 Å². The molecule has 0 radical (unpaired) electrons. The van der Waals surface area contributed by atoms with Crippen LogP contribution in [-0.2, 0) is 6.18 Å². The molecule has 2 aromatic rings. The first-order valence-corrected chi connectivity index (χ1v) is 6.14. The van der Waals surface area contributed by atoms with Crippen molar-refractivity contribution in [3.05, 3.63) is 65.2 Å². The number of alkyl halides is 3. The van der Waals surface area contributed by atoms with Crippen LogP contribution < -0.4 is 10.9 Å². The van der Waals surface area contributed by atoms with Crippen LogP contribution in [0.1, 0.15) is 21.5 Å². The van der Waals surface area contributed by atoms with Crippen LogP contribution in [0.4, 0.5) is 18.9 Å². The SMILES string of the molecule is N#Cc1ccc(NNC(=O)c2ccc(C(F)(F)F)cc2)cc1. The third kappa shape index (κ3) is 3.76. The summed E-state index contributed by atoms with van der Waals surface area (Å²) >= 11 is 0. The molecule has 1 amide bonds. The minimum absolute atomic E-state index is 0.0918. The van der Waals surface area contributed by atoms with Crippen molar-refractivity contribution in [2.24, 2.45) is 0 Å². The molecule has 0 aromatic heterocycles. The maximum absolute atomic E-state index is 12.4. The summed E-state index contributed by atoms with van der Waals surface area (Å²) in [4.78, 5) is 11.8. The van der Waals surface area contributed by atoms with Gasteiger partial charge in [-0.15, -0.1) is 0 Å². The van der Waals surface area contributed by atoms with Gasteiger partial charge < -0.3 is 0 Å². The molecule has 0 heterocycles. The van der Waals surface area contributed by atoms with Gasteiger partial charge in [0.25, 0.3) is 5.91 Å². The van der Waals surface area contributed by atoms with Gasteiger partial charge in [-0.2, -0.15) is 18.4 Å². The molecule has 2 rings (SSSR count). The first-order valence-electron chi connectivity index (χ1n) is 6.14. The smallest absolute Gasteiger partial charge is 0.298 e. The number of carbonyl (C=O) groups excluding carboxylic acids is 1. The quantitative estimate of drug-likeness (QED) is 0.855. The molecule has 0 saturated carbocycles. The fraction of sp³-hybridized carbons (Fsp3) is 0.0667. The van der Waals surface area contributed by atoms with Crippen LogP contribution in [0.3, 0.4) is 0 Å². The summed E-state index contributed by atoms with van der Waals surface area (Å²) in [6.07, 6.45) is -4.43. The standard InChI is InChI=1S/C15H10F3N3O/c16-15(17,18)12-5-3-11(4-6-12)14(22)21-20-13-7-1-10(9-19)2-8-13/h1-8,20H,(H,21,22). The molecule has 7 heteroatoms. The van der Waals surface area contributed by atoms with E-state index >= 15 is 0 Å². The summed E-state index contributed by atoms with van der Waals surface area (Å²) in [7, 11) is 0. The van der Waals surface area contributed by atoms with Gasteiger partial charge in [0.05, 0.1) is 22.9 Å². The lowest BCUT2D eigenvalue weighted by atomic mass is 10.1. The van der Waals surface area contributed by atoms with Crippen LogP contribution in [0.25, 0.3) is 0 Å². The van der Waals surface area contributed by atoms with Gasteiger partial charge in [0.2, 0.25) is 0 Å². The molecule has 0 bridgehead atoms. The predicted octanol–water partition coefficient (Wildman–Crippen LogP) is 3.33. The van der Waals surface area contributed by atoms with Crippen molar-refractivity contribution in [2.75, 3.05) is 5.43 Å². The maximum atomic E-state index is 12.4. The van der Waals surface area contributed by atoms with Crippen LogP contribution >= 0.6 is 0 Å². The number of hydrogen-bond donors (Lipinski definition) is 2. The first-order chi connectivity index (χ1) is 10.4. The number of benzene rings is 2. The van der Waals surface area contributed by atoms with Crippen LogP contribution in [-0.4, -0.2) is 5.91 Å².